The number of aromatic nitrogens is 5. The summed E-state index contributed by atoms with van der Waals surface area (Å²) in [4.78, 5) is 8.53. The molecule has 30 heavy (non-hydrogen) atoms. The van der Waals surface area contributed by atoms with Crippen LogP contribution < -0.4 is 4.72 Å². The number of anilines is 1. The first kappa shape index (κ1) is 23.2. The third kappa shape index (κ3) is 6.04. The molecule has 3 unspecified atom stereocenters. The molecule has 1 saturated heterocycles. The molecule has 0 bridgehead atoms. The standard InChI is InChI=1S/C19H29ClN6O3S/c1-12-5-6-16(29-12)18-23-24-19(26(18)15(10-27-3)11-28-4)25-30-13(2)7-17-21-8-14(20)9-22-17/h8-9,12-13,15-16H,5-7,10-11H2,1-4H3,(H,24,25). The molecule has 0 amide bonds. The highest BCUT2D eigenvalue weighted by Gasteiger charge is 2.31. The molecule has 11 heteroatoms. The maximum absolute atomic E-state index is 6.06. The highest BCUT2D eigenvalue weighted by Crippen LogP contribution is 2.34. The summed E-state index contributed by atoms with van der Waals surface area (Å²) in [5.74, 6) is 2.20. The first-order valence-corrected chi connectivity index (χ1v) is 11.2. The first-order chi connectivity index (χ1) is 14.5. The number of nitrogens with one attached hydrogen (secondary N) is 1. The molecule has 3 atom stereocenters. The number of methoxy groups -OCH3 is 2. The van der Waals surface area contributed by atoms with Crippen molar-refractivity contribution in [1.82, 2.24) is 24.7 Å². The van der Waals surface area contributed by atoms with Gasteiger partial charge < -0.3 is 14.2 Å². The fourth-order valence-electron chi connectivity index (χ4n) is 3.42. The average Bonchev–Trinajstić information content (AvgIpc) is 3.34. The van der Waals surface area contributed by atoms with Crippen LogP contribution in [-0.4, -0.2) is 63.5 Å². The van der Waals surface area contributed by atoms with Gasteiger partial charge in [-0.15, -0.1) is 10.2 Å². The normalized spacial score (nSPS) is 20.1. The van der Waals surface area contributed by atoms with E-state index in [0.29, 0.717) is 30.6 Å². The number of rotatable bonds is 11. The molecule has 166 valence electrons. The maximum atomic E-state index is 6.06. The Hall–Kier alpha value is -1.46. The predicted molar refractivity (Wildman–Crippen MR) is 117 cm³/mol. The molecule has 1 N–H and O–H groups in total. The van der Waals surface area contributed by atoms with E-state index >= 15 is 0 Å². The maximum Gasteiger partial charge on any atom is 0.235 e. The van der Waals surface area contributed by atoms with E-state index in [0.717, 1.165) is 24.5 Å². The quantitative estimate of drug-likeness (QED) is 0.509. The van der Waals surface area contributed by atoms with Gasteiger partial charge in [-0.05, 0) is 31.7 Å². The van der Waals surface area contributed by atoms with E-state index in [4.69, 9.17) is 25.8 Å². The van der Waals surface area contributed by atoms with Gasteiger partial charge in [0.15, 0.2) is 5.82 Å². The van der Waals surface area contributed by atoms with E-state index in [2.05, 4.69) is 38.7 Å². The molecule has 0 saturated carbocycles. The minimum absolute atomic E-state index is 0.0671. The van der Waals surface area contributed by atoms with Gasteiger partial charge in [0.25, 0.3) is 0 Å². The van der Waals surface area contributed by atoms with Crippen molar-refractivity contribution in [3.05, 3.63) is 29.1 Å². The van der Waals surface area contributed by atoms with Crippen molar-refractivity contribution >= 4 is 29.5 Å². The van der Waals surface area contributed by atoms with E-state index < -0.39 is 0 Å². The Balaban J connectivity index is 1.73. The lowest BCUT2D eigenvalue weighted by Gasteiger charge is -2.23. The van der Waals surface area contributed by atoms with Crippen LogP contribution in [-0.2, 0) is 20.6 Å². The van der Waals surface area contributed by atoms with Gasteiger partial charge >= 0.3 is 0 Å². The molecule has 0 spiro atoms. The van der Waals surface area contributed by atoms with Gasteiger partial charge in [0.05, 0.1) is 30.4 Å². The largest absolute Gasteiger partial charge is 0.382 e. The Morgan fingerprint density at radius 1 is 1.23 bits per heavy atom. The third-order valence-electron chi connectivity index (χ3n) is 4.82. The first-order valence-electron chi connectivity index (χ1n) is 9.98. The second-order valence-corrected chi connectivity index (χ2v) is 9.06. The van der Waals surface area contributed by atoms with Crippen LogP contribution in [0.2, 0.25) is 5.02 Å². The smallest absolute Gasteiger partial charge is 0.235 e. The lowest BCUT2D eigenvalue weighted by molar-refractivity contribution is 0.0406. The van der Waals surface area contributed by atoms with Crippen LogP contribution >= 0.6 is 23.5 Å². The summed E-state index contributed by atoms with van der Waals surface area (Å²) in [7, 11) is 3.35. The Kier molecular flexibility index (Phi) is 8.70. The van der Waals surface area contributed by atoms with E-state index in [-0.39, 0.29) is 23.5 Å². The van der Waals surface area contributed by atoms with Gasteiger partial charge in [-0.1, -0.05) is 18.5 Å². The molecule has 1 aliphatic rings. The lowest BCUT2D eigenvalue weighted by Crippen LogP contribution is -2.24. The minimum Gasteiger partial charge on any atom is -0.382 e. The van der Waals surface area contributed by atoms with Crippen LogP contribution in [0.25, 0.3) is 0 Å². The molecule has 3 heterocycles. The Labute approximate surface area is 186 Å². The Morgan fingerprint density at radius 2 is 1.93 bits per heavy atom. The number of nitrogens with zero attached hydrogens (tertiary/aromatic N) is 5. The van der Waals surface area contributed by atoms with Crippen molar-refractivity contribution in [3.8, 4) is 0 Å². The molecule has 0 aliphatic carbocycles. The fourth-order valence-corrected chi connectivity index (χ4v) is 4.20. The monoisotopic (exact) mass is 456 g/mol. The highest BCUT2D eigenvalue weighted by atomic mass is 35.5. The van der Waals surface area contributed by atoms with Gasteiger partial charge in [-0.25, -0.2) is 9.97 Å². The molecule has 3 rings (SSSR count). The van der Waals surface area contributed by atoms with Crippen molar-refractivity contribution in [1.29, 1.82) is 0 Å². The van der Waals surface area contributed by atoms with Crippen molar-refractivity contribution in [2.45, 2.75) is 56.6 Å². The topological polar surface area (TPSA) is 96.2 Å². The summed E-state index contributed by atoms with van der Waals surface area (Å²) in [6.45, 7) is 5.14. The van der Waals surface area contributed by atoms with Crippen molar-refractivity contribution in [3.63, 3.8) is 0 Å². The summed E-state index contributed by atoms with van der Waals surface area (Å²) < 4.78 is 22.3. The minimum atomic E-state index is -0.0795. The molecular weight excluding hydrogens is 428 g/mol. The van der Waals surface area contributed by atoms with Gasteiger partial charge in [-0.3, -0.25) is 9.29 Å². The molecule has 1 aliphatic heterocycles. The number of hydrogen-bond acceptors (Lipinski definition) is 9. The highest BCUT2D eigenvalue weighted by molar-refractivity contribution is 8.01. The molecule has 2 aromatic heterocycles. The van der Waals surface area contributed by atoms with Gasteiger partial charge in [0, 0.05) is 38.3 Å². The van der Waals surface area contributed by atoms with Crippen molar-refractivity contribution in [2.24, 2.45) is 0 Å². The summed E-state index contributed by atoms with van der Waals surface area (Å²) in [6.07, 6.45) is 5.98. The Morgan fingerprint density at radius 3 is 2.53 bits per heavy atom. The van der Waals surface area contributed by atoms with Crippen LogP contribution in [0.4, 0.5) is 5.95 Å². The van der Waals surface area contributed by atoms with Gasteiger partial charge in [-0.2, -0.15) is 0 Å². The van der Waals surface area contributed by atoms with E-state index in [9.17, 15) is 0 Å². The molecular formula is C19H29ClN6O3S. The van der Waals surface area contributed by atoms with Crippen molar-refractivity contribution < 1.29 is 14.2 Å². The zero-order valence-corrected chi connectivity index (χ0v) is 19.3. The third-order valence-corrected chi connectivity index (χ3v) is 5.89. The van der Waals surface area contributed by atoms with E-state index in [1.807, 2.05) is 4.57 Å². The molecule has 0 radical (unpaired) electrons. The van der Waals surface area contributed by atoms with Crippen molar-refractivity contribution in [2.75, 3.05) is 32.2 Å². The fraction of sp³-hybridized carbons (Fsp3) is 0.684. The number of ether oxygens (including phenoxy) is 3. The van der Waals surface area contributed by atoms with Crippen LogP contribution in [0.3, 0.4) is 0 Å². The number of halogens is 1. The van der Waals surface area contributed by atoms with E-state index in [1.165, 1.54) is 0 Å². The predicted octanol–water partition coefficient (Wildman–Crippen LogP) is 3.49. The zero-order valence-electron chi connectivity index (χ0n) is 17.7. The van der Waals surface area contributed by atoms with Crippen LogP contribution in [0.15, 0.2) is 12.4 Å². The molecule has 9 nitrogen and oxygen atoms in total. The van der Waals surface area contributed by atoms with Gasteiger partial charge in [0.1, 0.15) is 11.9 Å². The molecule has 0 aromatic carbocycles. The summed E-state index contributed by atoms with van der Waals surface area (Å²) in [6, 6.07) is -0.0671. The van der Waals surface area contributed by atoms with Crippen LogP contribution in [0.1, 0.15) is 50.5 Å². The summed E-state index contributed by atoms with van der Waals surface area (Å²) in [5.41, 5.74) is 0. The molecule has 2 aromatic rings. The summed E-state index contributed by atoms with van der Waals surface area (Å²) in [5, 5.41) is 9.59. The van der Waals surface area contributed by atoms with Crippen LogP contribution in [0, 0.1) is 0 Å². The lowest BCUT2D eigenvalue weighted by atomic mass is 10.2. The zero-order chi connectivity index (χ0) is 21.5. The molecule has 1 fully saturated rings. The SMILES string of the molecule is COCC(COC)n1c(NSC(C)Cc2ncc(Cl)cn2)nnc1C1CCC(C)O1. The second-order valence-electron chi connectivity index (χ2n) is 7.38. The Bertz CT molecular complexity index is 787. The van der Waals surface area contributed by atoms with E-state index in [1.54, 1.807) is 38.6 Å². The van der Waals surface area contributed by atoms with Gasteiger partial charge in [0.2, 0.25) is 5.95 Å². The van der Waals surface area contributed by atoms with Crippen LogP contribution in [0.5, 0.6) is 0 Å². The number of hydrogen-bond donors (Lipinski definition) is 1. The second kappa shape index (κ2) is 11.2. The average molecular weight is 457 g/mol. The summed E-state index contributed by atoms with van der Waals surface area (Å²) >= 11 is 7.41.